The number of methoxy groups -OCH3 is 1. The van der Waals surface area contributed by atoms with Crippen molar-refractivity contribution in [2.24, 2.45) is 29.4 Å². The molecule has 7 N–H and O–H groups in total. The number of phenols is 1. The number of amides is 3. The lowest BCUT2D eigenvalue weighted by molar-refractivity contribution is -0.190. The number of ether oxygens (including phenoxy) is 1. The maximum atomic E-state index is 14.2. The number of hydrogen-bond donors (Lipinski definition) is 6. The minimum Gasteiger partial charge on any atom is -0.505 e. The van der Waals surface area contributed by atoms with Crippen molar-refractivity contribution in [2.45, 2.75) is 30.6 Å². The van der Waals surface area contributed by atoms with E-state index in [0.29, 0.717) is 22.7 Å². The molecule has 14 heteroatoms. The van der Waals surface area contributed by atoms with Crippen LogP contribution >= 0.6 is 0 Å². The normalized spacial score (nSPS) is 28.9. The SMILES string of the molecule is COc1ccc(NC(=O)Nc2cc(N(C)C)c3c(c2O)C(=O)C2C(=O)[C@@]4(O)C(=O)C(C(N)=O)C(O)[C@H](N(C)C)[C@H]4C[C@H]2C3)cc1. The average Bonchev–Trinajstić information content (AvgIpc) is 2.96. The van der Waals surface area contributed by atoms with Gasteiger partial charge in [-0.25, -0.2) is 4.79 Å². The Hall–Kier alpha value is -4.53. The molecule has 3 unspecified atom stereocenters. The van der Waals surface area contributed by atoms with E-state index in [9.17, 15) is 39.3 Å². The predicted molar refractivity (Wildman–Crippen MR) is 162 cm³/mol. The van der Waals surface area contributed by atoms with Crippen LogP contribution in [0.5, 0.6) is 11.5 Å². The summed E-state index contributed by atoms with van der Waals surface area (Å²) in [6, 6.07) is 6.33. The first-order valence-electron chi connectivity index (χ1n) is 14.4. The molecule has 14 nitrogen and oxygen atoms in total. The van der Waals surface area contributed by atoms with Crippen LogP contribution in [0.1, 0.15) is 22.3 Å². The van der Waals surface area contributed by atoms with Crippen LogP contribution < -0.4 is 26.0 Å². The number of fused-ring (bicyclic) bond motifs is 3. The summed E-state index contributed by atoms with van der Waals surface area (Å²) in [6.45, 7) is 0. The molecule has 2 aromatic carbocycles. The maximum Gasteiger partial charge on any atom is 0.323 e. The zero-order chi connectivity index (χ0) is 33.1. The van der Waals surface area contributed by atoms with Gasteiger partial charge >= 0.3 is 6.03 Å². The van der Waals surface area contributed by atoms with Crippen LogP contribution in [0.4, 0.5) is 21.9 Å². The van der Waals surface area contributed by atoms with Crippen LogP contribution in [0.2, 0.25) is 0 Å². The molecule has 3 amide bonds. The number of rotatable bonds is 6. The van der Waals surface area contributed by atoms with Gasteiger partial charge in [-0.3, -0.25) is 19.2 Å². The lowest BCUT2D eigenvalue weighted by Gasteiger charge is -2.55. The fraction of sp³-hybridized carbons (Fsp3) is 0.452. The molecule has 45 heavy (non-hydrogen) atoms. The summed E-state index contributed by atoms with van der Waals surface area (Å²) in [5.41, 5.74) is 3.71. The number of primary amides is 1. The highest BCUT2D eigenvalue weighted by atomic mass is 16.5. The van der Waals surface area contributed by atoms with E-state index in [1.54, 1.807) is 57.4 Å². The van der Waals surface area contributed by atoms with Crippen molar-refractivity contribution in [1.29, 1.82) is 0 Å². The number of urea groups is 1. The highest BCUT2D eigenvalue weighted by molar-refractivity contribution is 6.26. The molecule has 240 valence electrons. The van der Waals surface area contributed by atoms with E-state index in [-0.39, 0.29) is 24.1 Å². The van der Waals surface area contributed by atoms with Gasteiger partial charge in [-0.15, -0.1) is 0 Å². The molecular weight excluding hydrogens is 586 g/mol. The summed E-state index contributed by atoms with van der Waals surface area (Å²) in [7, 11) is 8.12. The number of aromatic hydroxyl groups is 1. The van der Waals surface area contributed by atoms with Crippen LogP contribution in [0.3, 0.4) is 0 Å². The molecule has 5 rings (SSSR count). The van der Waals surface area contributed by atoms with Crippen molar-refractivity contribution < 1.29 is 44.0 Å². The summed E-state index contributed by atoms with van der Waals surface area (Å²) in [4.78, 5) is 70.1. The molecule has 2 fully saturated rings. The molecule has 7 atom stereocenters. The standard InChI is InChI=1S/C31H37N5O9/c1-35(2)19-12-18(34-30(43)33-14-6-8-15(45-5)9-7-14)24(37)21-16(19)10-13-11-17-23(36(3)4)26(39)22(29(32)42)28(41)31(17,44)27(40)20(13)25(21)38/h6-9,12-13,17,20,22-23,26,37,39,44H,10-11H2,1-5H3,(H2,32,42)(H2,33,34,43)/t13-,17-,20?,22?,23-,26?,31-/m1/s1. The van der Waals surface area contributed by atoms with Crippen molar-refractivity contribution in [2.75, 3.05) is 50.8 Å². The summed E-state index contributed by atoms with van der Waals surface area (Å²) in [5, 5.41) is 39.4. The molecule has 0 aromatic heterocycles. The van der Waals surface area contributed by atoms with E-state index >= 15 is 0 Å². The Bertz CT molecular complexity index is 1590. The zero-order valence-corrected chi connectivity index (χ0v) is 25.5. The van der Waals surface area contributed by atoms with Gasteiger partial charge in [0.15, 0.2) is 23.0 Å². The Morgan fingerprint density at radius 1 is 1.04 bits per heavy atom. The number of nitrogens with zero attached hydrogens (tertiary/aromatic N) is 2. The predicted octanol–water partition coefficient (Wildman–Crippen LogP) is 0.377. The van der Waals surface area contributed by atoms with E-state index in [1.807, 2.05) is 0 Å². The van der Waals surface area contributed by atoms with Crippen LogP contribution in [-0.4, -0.2) is 103 Å². The number of carbonyl (C=O) groups is 5. The quantitative estimate of drug-likeness (QED) is 0.191. The van der Waals surface area contributed by atoms with E-state index in [4.69, 9.17) is 10.5 Å². The molecule has 3 aliphatic rings. The highest BCUT2D eigenvalue weighted by Crippen LogP contribution is 2.53. The number of phenolic OH excluding ortho intramolecular Hbond substituents is 1. The second-order valence-electron chi connectivity index (χ2n) is 12.3. The monoisotopic (exact) mass is 623 g/mol. The number of Topliss-reactive ketones (excluding diaryl/α,β-unsaturated/α-hetero) is 3. The first-order chi connectivity index (χ1) is 21.1. The number of aliphatic hydroxyl groups is 2. The maximum absolute atomic E-state index is 14.2. The third-order valence-corrected chi connectivity index (χ3v) is 9.34. The third-order valence-electron chi connectivity index (χ3n) is 9.34. The summed E-state index contributed by atoms with van der Waals surface area (Å²) < 4.78 is 5.12. The largest absolute Gasteiger partial charge is 0.505 e. The number of nitrogens with one attached hydrogen (secondary N) is 2. The molecular formula is C31H37N5O9. The number of nitrogens with two attached hydrogens (primary N) is 1. The Morgan fingerprint density at radius 3 is 2.24 bits per heavy atom. The minimum atomic E-state index is -2.77. The van der Waals surface area contributed by atoms with Gasteiger partial charge in [-0.05, 0) is 68.8 Å². The molecule has 2 saturated carbocycles. The Kier molecular flexibility index (Phi) is 8.10. The molecule has 2 aromatic rings. The molecule has 0 saturated heterocycles. The molecule has 0 radical (unpaired) electrons. The fourth-order valence-electron chi connectivity index (χ4n) is 7.32. The van der Waals surface area contributed by atoms with Crippen LogP contribution in [0.15, 0.2) is 30.3 Å². The van der Waals surface area contributed by atoms with Gasteiger partial charge < -0.3 is 46.2 Å². The van der Waals surface area contributed by atoms with Crippen LogP contribution in [0, 0.1) is 23.7 Å². The Morgan fingerprint density at radius 2 is 1.69 bits per heavy atom. The minimum absolute atomic E-state index is 0.00683. The van der Waals surface area contributed by atoms with Gasteiger partial charge in [-0.1, -0.05) is 0 Å². The number of benzene rings is 2. The molecule has 0 heterocycles. The average molecular weight is 624 g/mol. The lowest BCUT2D eigenvalue weighted by Crippen LogP contribution is -2.75. The van der Waals surface area contributed by atoms with Crippen LogP contribution in [0.25, 0.3) is 0 Å². The zero-order valence-electron chi connectivity index (χ0n) is 25.5. The number of anilines is 3. The van der Waals surface area contributed by atoms with Gasteiger partial charge in [0.2, 0.25) is 5.91 Å². The molecule has 0 bridgehead atoms. The van der Waals surface area contributed by atoms with Crippen molar-refractivity contribution >= 4 is 46.4 Å². The molecule has 3 aliphatic carbocycles. The number of aliphatic hydroxyl groups excluding tert-OH is 1. The third kappa shape index (κ3) is 4.98. The summed E-state index contributed by atoms with van der Waals surface area (Å²) in [6.07, 6.45) is -1.47. The number of hydrogen-bond acceptors (Lipinski definition) is 11. The lowest BCUT2D eigenvalue weighted by atomic mass is 9.52. The van der Waals surface area contributed by atoms with E-state index < -0.39 is 76.5 Å². The van der Waals surface area contributed by atoms with Gasteiger partial charge in [0.1, 0.15) is 17.4 Å². The van der Waals surface area contributed by atoms with Crippen molar-refractivity contribution in [3.05, 3.63) is 41.5 Å². The topological polar surface area (TPSA) is 212 Å². The van der Waals surface area contributed by atoms with Crippen molar-refractivity contribution in [1.82, 2.24) is 4.90 Å². The summed E-state index contributed by atoms with van der Waals surface area (Å²) >= 11 is 0. The van der Waals surface area contributed by atoms with E-state index in [0.717, 1.165) is 0 Å². The number of likely N-dealkylation sites (N-methyl/N-ethyl adjacent to an activating group) is 1. The number of carbonyl (C=O) groups excluding carboxylic acids is 5. The second-order valence-corrected chi connectivity index (χ2v) is 12.3. The smallest absolute Gasteiger partial charge is 0.323 e. The molecule has 0 aliphatic heterocycles. The highest BCUT2D eigenvalue weighted by Gasteiger charge is 2.69. The van der Waals surface area contributed by atoms with E-state index in [1.165, 1.54) is 18.1 Å². The Balaban J connectivity index is 1.54. The Labute approximate surface area is 259 Å². The second kappa shape index (κ2) is 11.4. The molecule has 0 spiro atoms. The summed E-state index contributed by atoms with van der Waals surface area (Å²) in [5.74, 6) is -9.56. The van der Waals surface area contributed by atoms with Crippen molar-refractivity contribution in [3.63, 3.8) is 0 Å². The first kappa shape index (κ1) is 31.9. The van der Waals surface area contributed by atoms with Gasteiger partial charge in [-0.2, -0.15) is 0 Å². The van der Waals surface area contributed by atoms with Gasteiger partial charge in [0.25, 0.3) is 0 Å². The van der Waals surface area contributed by atoms with E-state index in [2.05, 4.69) is 10.6 Å². The first-order valence-corrected chi connectivity index (χ1v) is 14.4. The van der Waals surface area contributed by atoms with Crippen molar-refractivity contribution in [3.8, 4) is 11.5 Å². The van der Waals surface area contributed by atoms with Crippen LogP contribution in [-0.2, 0) is 20.8 Å². The van der Waals surface area contributed by atoms with Gasteiger partial charge in [0, 0.05) is 37.4 Å². The van der Waals surface area contributed by atoms with Gasteiger partial charge in [0.05, 0.1) is 30.4 Å². The number of ketones is 3. The fourth-order valence-corrected chi connectivity index (χ4v) is 7.32.